The summed E-state index contributed by atoms with van der Waals surface area (Å²) in [5, 5.41) is 5.41. The number of ether oxygens (including phenoxy) is 1. The van der Waals surface area contributed by atoms with E-state index >= 15 is 0 Å². The predicted octanol–water partition coefficient (Wildman–Crippen LogP) is 7.94. The maximum absolute atomic E-state index is 12.3. The standard InChI is InChI=1S/C21H21N3O2S.3C2H6/c1-13-9-17(26-11-15-3-4-15)10-14(2)19(13)18-12-27-21(23-18)24-20(25)16-5-7-22-8-6-16;3*1-2/h5-10,12,15H,3-4,11H2,1-2H3,(H,23,24,25);3*1-2H3. The average molecular weight is 470 g/mol. The van der Waals surface area contributed by atoms with Crippen molar-refractivity contribution in [2.75, 3.05) is 11.9 Å². The number of benzene rings is 1. The molecule has 33 heavy (non-hydrogen) atoms. The second-order valence-electron chi connectivity index (χ2n) is 6.91. The minimum absolute atomic E-state index is 0.185. The van der Waals surface area contributed by atoms with Gasteiger partial charge in [-0.1, -0.05) is 41.5 Å². The van der Waals surface area contributed by atoms with Crippen molar-refractivity contribution in [3.8, 4) is 17.0 Å². The fraction of sp³-hybridized carbons (Fsp3) is 0.444. The van der Waals surface area contributed by atoms with E-state index in [1.807, 2.05) is 46.9 Å². The van der Waals surface area contributed by atoms with Crippen molar-refractivity contribution in [2.45, 2.75) is 68.2 Å². The number of nitrogens with one attached hydrogen (secondary N) is 1. The van der Waals surface area contributed by atoms with Crippen molar-refractivity contribution in [1.29, 1.82) is 0 Å². The van der Waals surface area contributed by atoms with E-state index in [2.05, 4.69) is 41.3 Å². The smallest absolute Gasteiger partial charge is 0.257 e. The van der Waals surface area contributed by atoms with Crippen LogP contribution in [0.2, 0.25) is 0 Å². The average Bonchev–Trinajstić information content (AvgIpc) is 3.59. The number of rotatable bonds is 6. The lowest BCUT2D eigenvalue weighted by atomic mass is 10.0. The molecule has 1 aliphatic rings. The van der Waals surface area contributed by atoms with Crippen LogP contribution in [0, 0.1) is 19.8 Å². The third-order valence-corrected chi connectivity index (χ3v) is 5.37. The maximum Gasteiger partial charge on any atom is 0.257 e. The summed E-state index contributed by atoms with van der Waals surface area (Å²) in [6.45, 7) is 16.9. The Bertz CT molecular complexity index is 944. The van der Waals surface area contributed by atoms with Crippen molar-refractivity contribution in [3.05, 3.63) is 58.7 Å². The van der Waals surface area contributed by atoms with Crippen LogP contribution in [-0.2, 0) is 0 Å². The summed E-state index contributed by atoms with van der Waals surface area (Å²) in [6, 6.07) is 7.50. The van der Waals surface area contributed by atoms with Crippen LogP contribution >= 0.6 is 11.3 Å². The Morgan fingerprint density at radius 2 is 1.61 bits per heavy atom. The molecule has 2 heterocycles. The SMILES string of the molecule is CC.CC.CC.Cc1cc(OCC2CC2)cc(C)c1-c1csc(NC(=O)c2ccncc2)n1. The summed E-state index contributed by atoms with van der Waals surface area (Å²) in [7, 11) is 0. The molecule has 0 radical (unpaired) electrons. The molecule has 1 saturated carbocycles. The number of aromatic nitrogens is 2. The minimum atomic E-state index is -0.185. The number of pyridine rings is 1. The summed E-state index contributed by atoms with van der Waals surface area (Å²) in [4.78, 5) is 20.8. The fourth-order valence-electron chi connectivity index (χ4n) is 3.03. The molecule has 1 amide bonds. The number of hydrogen-bond donors (Lipinski definition) is 1. The summed E-state index contributed by atoms with van der Waals surface area (Å²) >= 11 is 1.42. The number of carbonyl (C=O) groups is 1. The van der Waals surface area contributed by atoms with Crippen molar-refractivity contribution >= 4 is 22.4 Å². The van der Waals surface area contributed by atoms with E-state index in [1.165, 1.54) is 24.2 Å². The van der Waals surface area contributed by atoms with Gasteiger partial charge in [-0.2, -0.15) is 0 Å². The van der Waals surface area contributed by atoms with Gasteiger partial charge >= 0.3 is 0 Å². The highest BCUT2D eigenvalue weighted by molar-refractivity contribution is 7.14. The van der Waals surface area contributed by atoms with Gasteiger partial charge in [0.05, 0.1) is 12.3 Å². The molecular weight excluding hydrogens is 430 g/mol. The molecule has 5 nitrogen and oxygen atoms in total. The molecule has 1 aromatic carbocycles. The third kappa shape index (κ3) is 8.61. The second-order valence-corrected chi connectivity index (χ2v) is 7.77. The molecule has 0 unspecified atom stereocenters. The van der Waals surface area contributed by atoms with Crippen molar-refractivity contribution in [1.82, 2.24) is 9.97 Å². The highest BCUT2D eigenvalue weighted by Crippen LogP contribution is 2.34. The van der Waals surface area contributed by atoms with Gasteiger partial charge in [0, 0.05) is 28.9 Å². The van der Waals surface area contributed by atoms with Gasteiger partial charge in [0.25, 0.3) is 5.91 Å². The summed E-state index contributed by atoms with van der Waals surface area (Å²) in [6.07, 6.45) is 5.76. The number of aryl methyl sites for hydroxylation is 2. The van der Waals surface area contributed by atoms with Crippen molar-refractivity contribution < 1.29 is 9.53 Å². The summed E-state index contributed by atoms with van der Waals surface area (Å²) < 4.78 is 5.91. The van der Waals surface area contributed by atoms with Gasteiger partial charge < -0.3 is 4.74 Å². The van der Waals surface area contributed by atoms with Gasteiger partial charge in [-0.05, 0) is 68.0 Å². The Morgan fingerprint density at radius 1 is 1.03 bits per heavy atom. The van der Waals surface area contributed by atoms with Crippen LogP contribution in [0.25, 0.3) is 11.3 Å². The maximum atomic E-state index is 12.3. The van der Waals surface area contributed by atoms with Crippen LogP contribution in [0.1, 0.15) is 75.9 Å². The van der Waals surface area contributed by atoms with Gasteiger partial charge in [-0.25, -0.2) is 4.98 Å². The predicted molar refractivity (Wildman–Crippen MR) is 141 cm³/mol. The number of hydrogen-bond acceptors (Lipinski definition) is 5. The van der Waals surface area contributed by atoms with E-state index in [1.54, 1.807) is 24.5 Å². The Labute approximate surface area is 203 Å². The van der Waals surface area contributed by atoms with Crippen molar-refractivity contribution in [2.24, 2.45) is 5.92 Å². The summed E-state index contributed by atoms with van der Waals surface area (Å²) in [5.74, 6) is 1.47. The van der Waals surface area contributed by atoms with Crippen molar-refractivity contribution in [3.63, 3.8) is 0 Å². The Balaban J connectivity index is 0.000000841. The largest absolute Gasteiger partial charge is 0.493 e. The molecule has 2 aromatic heterocycles. The number of thiazole rings is 1. The fourth-order valence-corrected chi connectivity index (χ4v) is 3.72. The molecule has 0 bridgehead atoms. The Kier molecular flexibility index (Phi) is 13.0. The van der Waals surface area contributed by atoms with Gasteiger partial charge in [-0.15, -0.1) is 11.3 Å². The molecule has 0 spiro atoms. The quantitative estimate of drug-likeness (QED) is 0.398. The lowest BCUT2D eigenvalue weighted by Gasteiger charge is -2.12. The molecule has 0 aliphatic heterocycles. The van der Waals surface area contributed by atoms with Crippen LogP contribution in [-0.4, -0.2) is 22.5 Å². The zero-order valence-corrected chi connectivity index (χ0v) is 22.2. The topological polar surface area (TPSA) is 64.1 Å². The first-order valence-corrected chi connectivity index (χ1v) is 12.9. The first-order valence-electron chi connectivity index (χ1n) is 12.0. The van der Waals surface area contributed by atoms with Gasteiger partial charge in [0.2, 0.25) is 0 Å². The Morgan fingerprint density at radius 3 is 2.15 bits per heavy atom. The summed E-state index contributed by atoms with van der Waals surface area (Å²) in [5.41, 5.74) is 4.77. The van der Waals surface area contributed by atoms with Crippen LogP contribution in [0.4, 0.5) is 5.13 Å². The van der Waals surface area contributed by atoms with Gasteiger partial charge in [-0.3, -0.25) is 15.1 Å². The van der Waals surface area contributed by atoms with E-state index < -0.39 is 0 Å². The molecule has 6 heteroatoms. The minimum Gasteiger partial charge on any atom is -0.493 e. The molecule has 0 saturated heterocycles. The lowest BCUT2D eigenvalue weighted by Crippen LogP contribution is -2.11. The molecule has 180 valence electrons. The highest BCUT2D eigenvalue weighted by Gasteiger charge is 2.22. The van der Waals surface area contributed by atoms with Crippen LogP contribution < -0.4 is 10.1 Å². The molecule has 3 aromatic rings. The number of nitrogens with zero attached hydrogens (tertiary/aromatic N) is 2. The van der Waals surface area contributed by atoms with Crippen LogP contribution in [0.5, 0.6) is 5.75 Å². The van der Waals surface area contributed by atoms with E-state index in [4.69, 9.17) is 4.74 Å². The zero-order valence-electron chi connectivity index (χ0n) is 21.4. The normalized spacial score (nSPS) is 11.5. The molecular formula is C27H39N3O2S. The highest BCUT2D eigenvalue weighted by atomic mass is 32.1. The van der Waals surface area contributed by atoms with Gasteiger partial charge in [0.15, 0.2) is 5.13 Å². The molecule has 1 aliphatic carbocycles. The monoisotopic (exact) mass is 469 g/mol. The lowest BCUT2D eigenvalue weighted by molar-refractivity contribution is 0.102. The van der Waals surface area contributed by atoms with E-state index in [-0.39, 0.29) is 5.91 Å². The first kappa shape index (κ1) is 28.3. The number of carbonyl (C=O) groups excluding carboxylic acids is 1. The third-order valence-electron chi connectivity index (χ3n) is 4.61. The molecule has 4 rings (SSSR count). The second kappa shape index (κ2) is 15.2. The van der Waals surface area contributed by atoms with Crippen LogP contribution in [0.15, 0.2) is 42.0 Å². The van der Waals surface area contributed by atoms with Gasteiger partial charge in [0.1, 0.15) is 5.75 Å². The number of amides is 1. The van der Waals surface area contributed by atoms with Crippen LogP contribution in [0.3, 0.4) is 0 Å². The molecule has 0 atom stereocenters. The molecule has 1 fully saturated rings. The molecule has 1 N–H and O–H groups in total. The zero-order chi connectivity index (χ0) is 24.8. The number of anilines is 1. The first-order chi connectivity index (χ1) is 16.1. The van der Waals surface area contributed by atoms with E-state index in [9.17, 15) is 4.79 Å². The van der Waals surface area contributed by atoms with E-state index in [0.717, 1.165) is 40.7 Å². The Hall–Kier alpha value is -2.73. The van der Waals surface area contributed by atoms with E-state index in [0.29, 0.717) is 10.7 Å².